The molecule has 2 aliphatic rings. The Balaban J connectivity index is 1.50. The maximum Gasteiger partial charge on any atom is 0.147 e. The summed E-state index contributed by atoms with van der Waals surface area (Å²) in [7, 11) is 0. The number of carbonyl (C=O) groups excluding carboxylic acids is 1. The predicted octanol–water partition coefficient (Wildman–Crippen LogP) is 4.33. The average molecular weight is 404 g/mol. The molecule has 152 valence electrons. The van der Waals surface area contributed by atoms with Crippen LogP contribution in [0.1, 0.15) is 47.2 Å². The van der Waals surface area contributed by atoms with Crippen LogP contribution >= 0.6 is 0 Å². The normalized spacial score (nSPS) is 31.1. The molecule has 4 aromatic heterocycles. The first-order valence-electron chi connectivity index (χ1n) is 10.0. The van der Waals surface area contributed by atoms with Crippen LogP contribution in [0.2, 0.25) is 0 Å². The minimum Gasteiger partial charge on any atom is -0.468 e. The fourth-order valence-corrected chi connectivity index (χ4v) is 4.98. The van der Waals surface area contributed by atoms with Crippen molar-refractivity contribution in [2.75, 3.05) is 0 Å². The number of hydrogen-bond donors (Lipinski definition) is 2. The van der Waals surface area contributed by atoms with Crippen LogP contribution in [0.25, 0.3) is 0 Å². The van der Waals surface area contributed by atoms with E-state index in [1.165, 1.54) is 0 Å². The molecule has 2 fully saturated rings. The topological polar surface area (TPSA) is 93.7 Å². The van der Waals surface area contributed by atoms with Crippen LogP contribution < -0.4 is 10.6 Å². The van der Waals surface area contributed by atoms with E-state index in [0.29, 0.717) is 23.0 Å². The van der Waals surface area contributed by atoms with Gasteiger partial charge in [0.15, 0.2) is 0 Å². The van der Waals surface area contributed by atoms with Gasteiger partial charge in [-0.05, 0) is 48.5 Å². The van der Waals surface area contributed by atoms with Gasteiger partial charge >= 0.3 is 0 Å². The van der Waals surface area contributed by atoms with Gasteiger partial charge in [-0.1, -0.05) is 0 Å². The molecule has 0 saturated carbocycles. The molecule has 4 atom stereocenters. The van der Waals surface area contributed by atoms with Crippen molar-refractivity contribution in [2.45, 2.75) is 24.2 Å². The Morgan fingerprint density at radius 2 is 0.833 bits per heavy atom. The lowest BCUT2D eigenvalue weighted by Crippen LogP contribution is -2.60. The van der Waals surface area contributed by atoms with E-state index in [1.54, 1.807) is 25.1 Å². The van der Waals surface area contributed by atoms with Crippen LogP contribution in [0, 0.1) is 11.8 Å². The second-order valence-corrected chi connectivity index (χ2v) is 7.76. The second kappa shape index (κ2) is 6.90. The minimum absolute atomic E-state index is 0.123. The molecule has 6 rings (SSSR count). The zero-order valence-electron chi connectivity index (χ0n) is 15.9. The Bertz CT molecular complexity index is 930. The van der Waals surface area contributed by atoms with E-state index in [9.17, 15) is 4.79 Å². The van der Waals surface area contributed by atoms with Crippen LogP contribution in [0.3, 0.4) is 0 Å². The van der Waals surface area contributed by atoms with Crippen LogP contribution in [0.15, 0.2) is 91.3 Å². The number of furan rings is 4. The number of nitrogens with one attached hydrogen (secondary N) is 2. The predicted molar refractivity (Wildman–Crippen MR) is 104 cm³/mol. The van der Waals surface area contributed by atoms with Gasteiger partial charge in [0, 0.05) is 0 Å². The van der Waals surface area contributed by atoms with Gasteiger partial charge in [0.05, 0.1) is 61.1 Å². The Morgan fingerprint density at radius 1 is 0.533 bits per heavy atom. The highest BCUT2D eigenvalue weighted by Crippen LogP contribution is 2.52. The van der Waals surface area contributed by atoms with E-state index in [0.717, 1.165) is 0 Å². The Labute approximate surface area is 172 Å². The number of ketones is 1. The highest BCUT2D eigenvalue weighted by atomic mass is 16.3. The van der Waals surface area contributed by atoms with E-state index in [-0.39, 0.29) is 30.0 Å². The van der Waals surface area contributed by atoms with E-state index in [1.807, 2.05) is 48.5 Å². The van der Waals surface area contributed by atoms with Crippen LogP contribution in [0.4, 0.5) is 0 Å². The van der Waals surface area contributed by atoms with Crippen molar-refractivity contribution in [1.82, 2.24) is 10.6 Å². The number of hydrogen-bond acceptors (Lipinski definition) is 7. The van der Waals surface area contributed by atoms with E-state index >= 15 is 0 Å². The first-order chi connectivity index (χ1) is 14.8. The molecule has 4 aromatic rings. The number of fused-ring (bicyclic) bond motifs is 2. The smallest absolute Gasteiger partial charge is 0.147 e. The fraction of sp³-hybridized carbons (Fsp3) is 0.261. The summed E-state index contributed by atoms with van der Waals surface area (Å²) >= 11 is 0. The maximum absolute atomic E-state index is 14.0. The van der Waals surface area contributed by atoms with Crippen molar-refractivity contribution < 1.29 is 22.5 Å². The quantitative estimate of drug-likeness (QED) is 0.523. The standard InChI is InChI=1S/C23H20N2O5/c26-23-17-19(13-5-1-9-27-13)24-21(15-7-3-11-29-15)18(23)22(16-8-4-12-30-16)25-20(17)14-6-2-10-28-14/h1-12,17-22,24-25H. The molecule has 0 radical (unpaired) electrons. The molecule has 30 heavy (non-hydrogen) atoms. The van der Waals surface area contributed by atoms with Crippen molar-refractivity contribution in [3.05, 3.63) is 96.6 Å². The Morgan fingerprint density at radius 3 is 1.07 bits per heavy atom. The van der Waals surface area contributed by atoms with Crippen LogP contribution in [-0.2, 0) is 4.79 Å². The molecule has 2 N–H and O–H groups in total. The molecule has 0 aliphatic carbocycles. The lowest BCUT2D eigenvalue weighted by molar-refractivity contribution is -0.141. The van der Waals surface area contributed by atoms with E-state index < -0.39 is 11.8 Å². The summed E-state index contributed by atoms with van der Waals surface area (Å²) in [6.07, 6.45) is 6.50. The largest absolute Gasteiger partial charge is 0.468 e. The van der Waals surface area contributed by atoms with Crippen molar-refractivity contribution in [3.8, 4) is 0 Å². The molecule has 4 unspecified atom stereocenters. The molecular weight excluding hydrogens is 384 g/mol. The first-order valence-corrected chi connectivity index (χ1v) is 10.0. The molecule has 0 amide bonds. The molecule has 0 spiro atoms. The second-order valence-electron chi connectivity index (χ2n) is 7.76. The summed E-state index contributed by atoms with van der Waals surface area (Å²) < 4.78 is 22.9. The van der Waals surface area contributed by atoms with Gasteiger partial charge in [0.1, 0.15) is 28.8 Å². The fourth-order valence-electron chi connectivity index (χ4n) is 4.98. The van der Waals surface area contributed by atoms with Crippen LogP contribution in [0.5, 0.6) is 0 Å². The highest BCUT2D eigenvalue weighted by molar-refractivity contribution is 5.88. The third-order valence-corrected chi connectivity index (χ3v) is 6.21. The molecule has 2 bridgehead atoms. The third-order valence-electron chi connectivity index (χ3n) is 6.21. The lowest BCUT2D eigenvalue weighted by atomic mass is 9.67. The summed E-state index contributed by atoms with van der Waals surface area (Å²) in [4.78, 5) is 14.0. The lowest BCUT2D eigenvalue weighted by Gasteiger charge is -2.49. The van der Waals surface area contributed by atoms with Crippen molar-refractivity contribution in [2.24, 2.45) is 11.8 Å². The molecule has 7 heteroatoms. The number of carbonyl (C=O) groups is 1. The number of rotatable bonds is 4. The van der Waals surface area contributed by atoms with Crippen LogP contribution in [-0.4, -0.2) is 5.78 Å². The van der Waals surface area contributed by atoms with Crippen molar-refractivity contribution >= 4 is 5.78 Å². The summed E-state index contributed by atoms with van der Waals surface area (Å²) in [6, 6.07) is 13.6. The minimum atomic E-state index is -0.412. The van der Waals surface area contributed by atoms with Gasteiger partial charge in [-0.3, -0.25) is 15.4 Å². The molecule has 6 heterocycles. The summed E-state index contributed by atoms with van der Waals surface area (Å²) in [5.74, 6) is 2.13. The van der Waals surface area contributed by atoms with E-state index in [4.69, 9.17) is 17.7 Å². The highest BCUT2D eigenvalue weighted by Gasteiger charge is 2.57. The summed E-state index contributed by atoms with van der Waals surface area (Å²) in [6.45, 7) is 0. The van der Waals surface area contributed by atoms with Gasteiger partial charge in [-0.25, -0.2) is 0 Å². The molecular formula is C23H20N2O5. The van der Waals surface area contributed by atoms with Crippen molar-refractivity contribution in [3.63, 3.8) is 0 Å². The van der Waals surface area contributed by atoms with Gasteiger partial charge < -0.3 is 17.7 Å². The first kappa shape index (κ1) is 17.6. The third kappa shape index (κ3) is 2.63. The molecule has 7 nitrogen and oxygen atoms in total. The maximum atomic E-state index is 14.0. The number of Topliss-reactive ketones (excluding diaryl/α,β-unsaturated/α-hetero) is 1. The van der Waals surface area contributed by atoms with Gasteiger partial charge in [-0.15, -0.1) is 0 Å². The summed E-state index contributed by atoms with van der Waals surface area (Å²) in [5.41, 5.74) is 0. The summed E-state index contributed by atoms with van der Waals surface area (Å²) in [5, 5.41) is 7.29. The average Bonchev–Trinajstić information content (AvgIpc) is 3.58. The molecule has 2 aliphatic heterocycles. The molecule has 0 aromatic carbocycles. The van der Waals surface area contributed by atoms with Crippen molar-refractivity contribution in [1.29, 1.82) is 0 Å². The Hall–Kier alpha value is -3.29. The van der Waals surface area contributed by atoms with Gasteiger partial charge in [0.25, 0.3) is 0 Å². The zero-order chi connectivity index (χ0) is 20.1. The SMILES string of the molecule is O=C1C2C(c3ccco3)NC(c3ccco3)C1C(c1ccco1)NC2c1ccco1. The van der Waals surface area contributed by atoms with Gasteiger partial charge in [-0.2, -0.15) is 0 Å². The van der Waals surface area contributed by atoms with Gasteiger partial charge in [0.2, 0.25) is 0 Å². The Kier molecular flexibility index (Phi) is 4.04. The van der Waals surface area contributed by atoms with E-state index in [2.05, 4.69) is 10.6 Å². The molecule has 2 saturated heterocycles. The monoisotopic (exact) mass is 404 g/mol. The number of piperidine rings is 2. The zero-order valence-corrected chi connectivity index (χ0v) is 15.9.